The molecule has 0 atom stereocenters. The number of fused-ring (bicyclic) bond motifs is 1. The number of hydrogen-bond donors (Lipinski definition) is 1. The van der Waals surface area contributed by atoms with Gasteiger partial charge in [0.15, 0.2) is 0 Å². The molecule has 0 aliphatic rings. The molecule has 0 unspecified atom stereocenters. The molecule has 0 radical (unpaired) electrons. The molecule has 1 aromatic carbocycles. The highest BCUT2D eigenvalue weighted by Crippen LogP contribution is 2.32. The smallest absolute Gasteiger partial charge is 0.236 e. The third-order valence-corrected chi connectivity index (χ3v) is 4.36. The van der Waals surface area contributed by atoms with Crippen molar-refractivity contribution in [2.45, 2.75) is 20.8 Å². The van der Waals surface area contributed by atoms with Crippen molar-refractivity contribution in [1.29, 1.82) is 0 Å². The second kappa shape index (κ2) is 3.50. The Bertz CT molecular complexity index is 712. The van der Waals surface area contributed by atoms with Crippen LogP contribution in [-0.2, 0) is 10.0 Å². The van der Waals surface area contributed by atoms with Crippen molar-refractivity contribution in [3.63, 3.8) is 0 Å². The Morgan fingerprint density at radius 1 is 1.12 bits per heavy atom. The summed E-state index contributed by atoms with van der Waals surface area (Å²) in [4.78, 5) is 0. The fraction of sp³-hybridized carbons (Fsp3) is 0.333. The van der Waals surface area contributed by atoms with Crippen LogP contribution < -0.4 is 5.73 Å². The van der Waals surface area contributed by atoms with E-state index in [4.69, 9.17) is 5.73 Å². The molecule has 92 valence electrons. The number of aryl methyl sites for hydroxylation is 2. The third-order valence-electron chi connectivity index (χ3n) is 3.34. The highest BCUT2D eigenvalue weighted by atomic mass is 32.2. The van der Waals surface area contributed by atoms with Crippen LogP contribution >= 0.6 is 0 Å². The van der Waals surface area contributed by atoms with E-state index in [1.54, 1.807) is 6.20 Å². The molecular formula is C12H16N2O2S. The average molecular weight is 252 g/mol. The molecule has 1 aromatic heterocycles. The highest BCUT2D eigenvalue weighted by molar-refractivity contribution is 7.89. The summed E-state index contributed by atoms with van der Waals surface area (Å²) in [7, 11) is -3.29. The molecule has 0 aliphatic heterocycles. The normalized spacial score (nSPS) is 12.2. The summed E-state index contributed by atoms with van der Waals surface area (Å²) in [5.41, 5.74) is 10.2. The summed E-state index contributed by atoms with van der Waals surface area (Å²) < 4.78 is 24.7. The standard InChI is InChI=1S/C12H16N2O2S/c1-7-8(2)11(13)9(3)12-10(7)5-6-14(12)17(4,15)16/h5-6H,13H2,1-4H3. The van der Waals surface area contributed by atoms with Crippen molar-refractivity contribution in [3.8, 4) is 0 Å². The Hall–Kier alpha value is -1.49. The SMILES string of the molecule is Cc1c(N)c(C)c2c(ccn2S(C)(=O)=O)c1C. The summed E-state index contributed by atoms with van der Waals surface area (Å²) in [6.45, 7) is 5.76. The van der Waals surface area contributed by atoms with Crippen LogP contribution in [0, 0.1) is 20.8 Å². The lowest BCUT2D eigenvalue weighted by molar-refractivity contribution is 0.595. The molecule has 0 bridgehead atoms. The molecular weight excluding hydrogens is 236 g/mol. The minimum Gasteiger partial charge on any atom is -0.398 e. The van der Waals surface area contributed by atoms with Gasteiger partial charge in [0.05, 0.1) is 11.8 Å². The highest BCUT2D eigenvalue weighted by Gasteiger charge is 2.17. The van der Waals surface area contributed by atoms with Gasteiger partial charge in [-0.3, -0.25) is 0 Å². The van der Waals surface area contributed by atoms with Crippen molar-refractivity contribution >= 4 is 26.6 Å². The number of aromatic nitrogens is 1. The number of nitrogens with two attached hydrogens (primary N) is 1. The van der Waals surface area contributed by atoms with E-state index in [9.17, 15) is 8.42 Å². The van der Waals surface area contributed by atoms with Crippen molar-refractivity contribution in [2.24, 2.45) is 0 Å². The van der Waals surface area contributed by atoms with Gasteiger partial charge in [0.25, 0.3) is 0 Å². The van der Waals surface area contributed by atoms with Gasteiger partial charge in [-0.15, -0.1) is 0 Å². The zero-order chi connectivity index (χ0) is 13.0. The maximum atomic E-state index is 11.7. The summed E-state index contributed by atoms with van der Waals surface area (Å²) in [5.74, 6) is 0. The molecule has 0 saturated heterocycles. The Morgan fingerprint density at radius 3 is 2.24 bits per heavy atom. The van der Waals surface area contributed by atoms with Crippen LogP contribution in [0.2, 0.25) is 0 Å². The maximum Gasteiger partial charge on any atom is 0.236 e. The van der Waals surface area contributed by atoms with Crippen LogP contribution in [0.15, 0.2) is 12.3 Å². The van der Waals surface area contributed by atoms with E-state index in [0.717, 1.165) is 22.1 Å². The van der Waals surface area contributed by atoms with Gasteiger partial charge < -0.3 is 5.73 Å². The Labute approximate surface area is 101 Å². The lowest BCUT2D eigenvalue weighted by atomic mass is 9.99. The van der Waals surface area contributed by atoms with Crippen molar-refractivity contribution in [2.75, 3.05) is 12.0 Å². The van der Waals surface area contributed by atoms with E-state index >= 15 is 0 Å². The van der Waals surface area contributed by atoms with Gasteiger partial charge in [0.2, 0.25) is 10.0 Å². The molecule has 4 nitrogen and oxygen atoms in total. The monoisotopic (exact) mass is 252 g/mol. The second-order valence-corrected chi connectivity index (χ2v) is 6.28. The summed E-state index contributed by atoms with van der Waals surface area (Å²) >= 11 is 0. The predicted octanol–water partition coefficient (Wildman–Crippen LogP) is 1.96. The molecule has 2 rings (SSSR count). The first-order valence-electron chi connectivity index (χ1n) is 5.32. The van der Waals surface area contributed by atoms with Crippen LogP contribution in [0.1, 0.15) is 16.7 Å². The van der Waals surface area contributed by atoms with E-state index in [0.29, 0.717) is 11.2 Å². The number of nitrogen functional groups attached to an aromatic ring is 1. The van der Waals surface area contributed by atoms with E-state index in [2.05, 4.69) is 0 Å². The van der Waals surface area contributed by atoms with Gasteiger partial charge >= 0.3 is 0 Å². The zero-order valence-corrected chi connectivity index (χ0v) is 11.2. The molecule has 0 aliphatic carbocycles. The first kappa shape index (κ1) is 12.0. The largest absolute Gasteiger partial charge is 0.398 e. The van der Waals surface area contributed by atoms with Crippen LogP contribution in [-0.4, -0.2) is 18.6 Å². The molecule has 17 heavy (non-hydrogen) atoms. The minimum atomic E-state index is -3.29. The number of nitrogens with zero attached hydrogens (tertiary/aromatic N) is 1. The molecule has 2 N–H and O–H groups in total. The molecule has 0 fully saturated rings. The lowest BCUT2D eigenvalue weighted by Gasteiger charge is -2.12. The van der Waals surface area contributed by atoms with Crippen molar-refractivity contribution in [3.05, 3.63) is 29.0 Å². The minimum absolute atomic E-state index is 0.665. The van der Waals surface area contributed by atoms with Gasteiger partial charge in [-0.05, 0) is 43.5 Å². The number of anilines is 1. The van der Waals surface area contributed by atoms with E-state index in [1.807, 2.05) is 26.8 Å². The van der Waals surface area contributed by atoms with Gasteiger partial charge in [-0.25, -0.2) is 12.4 Å². The Balaban J connectivity index is 3.06. The molecule has 0 saturated carbocycles. The summed E-state index contributed by atoms with van der Waals surface area (Å²) in [6, 6.07) is 1.82. The molecule has 2 aromatic rings. The second-order valence-electron chi connectivity index (χ2n) is 4.43. The predicted molar refractivity (Wildman–Crippen MR) is 70.8 cm³/mol. The lowest BCUT2D eigenvalue weighted by Crippen LogP contribution is -2.10. The average Bonchev–Trinajstić information content (AvgIpc) is 2.67. The summed E-state index contributed by atoms with van der Waals surface area (Å²) in [6.07, 6.45) is 2.77. The van der Waals surface area contributed by atoms with E-state index in [-0.39, 0.29) is 0 Å². The fourth-order valence-electron chi connectivity index (χ4n) is 2.17. The van der Waals surface area contributed by atoms with Gasteiger partial charge in [0.1, 0.15) is 0 Å². The fourth-order valence-corrected chi connectivity index (χ4v) is 3.02. The quantitative estimate of drug-likeness (QED) is 0.789. The van der Waals surface area contributed by atoms with Crippen LogP contribution in [0.5, 0.6) is 0 Å². The molecule has 0 amide bonds. The van der Waals surface area contributed by atoms with Crippen molar-refractivity contribution < 1.29 is 8.42 Å². The molecule has 0 spiro atoms. The van der Waals surface area contributed by atoms with Gasteiger partial charge in [-0.2, -0.15) is 0 Å². The van der Waals surface area contributed by atoms with E-state index < -0.39 is 10.0 Å². The Morgan fingerprint density at radius 2 is 1.71 bits per heavy atom. The van der Waals surface area contributed by atoms with Crippen molar-refractivity contribution in [1.82, 2.24) is 3.97 Å². The van der Waals surface area contributed by atoms with Gasteiger partial charge in [0, 0.05) is 17.3 Å². The first-order valence-corrected chi connectivity index (χ1v) is 7.16. The maximum absolute atomic E-state index is 11.7. The summed E-state index contributed by atoms with van der Waals surface area (Å²) in [5, 5.41) is 0.944. The molecule has 5 heteroatoms. The first-order chi connectivity index (χ1) is 7.75. The number of hydrogen-bond acceptors (Lipinski definition) is 3. The number of rotatable bonds is 1. The Kier molecular flexibility index (Phi) is 2.47. The zero-order valence-electron chi connectivity index (χ0n) is 10.4. The topological polar surface area (TPSA) is 65.1 Å². The van der Waals surface area contributed by atoms with Crippen LogP contribution in [0.25, 0.3) is 10.9 Å². The third kappa shape index (κ3) is 1.61. The number of benzene rings is 1. The van der Waals surface area contributed by atoms with Crippen LogP contribution in [0.3, 0.4) is 0 Å². The molecule has 1 heterocycles. The van der Waals surface area contributed by atoms with E-state index in [1.165, 1.54) is 10.2 Å². The van der Waals surface area contributed by atoms with Crippen LogP contribution in [0.4, 0.5) is 5.69 Å². The van der Waals surface area contributed by atoms with Gasteiger partial charge in [-0.1, -0.05) is 0 Å².